The lowest BCUT2D eigenvalue weighted by Gasteiger charge is -2.14. The van der Waals surface area contributed by atoms with Gasteiger partial charge in [0.25, 0.3) is 0 Å². The number of aryl methyl sites for hydroxylation is 1. The smallest absolute Gasteiger partial charge is 0.218 e. The summed E-state index contributed by atoms with van der Waals surface area (Å²) in [6, 6.07) is 5.74. The second-order valence-corrected chi connectivity index (χ2v) is 4.50. The minimum atomic E-state index is -0.163. The van der Waals surface area contributed by atoms with E-state index in [4.69, 9.17) is 10.5 Å². The first-order valence-corrected chi connectivity index (χ1v) is 5.90. The highest BCUT2D eigenvalue weighted by atomic mass is 32.1. The number of aromatic nitrogens is 1. The molecule has 2 aromatic rings. The van der Waals surface area contributed by atoms with E-state index in [1.165, 1.54) is 5.56 Å². The Morgan fingerprint density at radius 3 is 2.88 bits per heavy atom. The topological polar surface area (TPSA) is 48.1 Å². The van der Waals surface area contributed by atoms with Gasteiger partial charge >= 0.3 is 0 Å². The van der Waals surface area contributed by atoms with Gasteiger partial charge in [-0.1, -0.05) is 6.07 Å². The molecule has 16 heavy (non-hydrogen) atoms. The number of nitrogens with two attached hydrogens (primary N) is 1. The Morgan fingerprint density at radius 1 is 1.44 bits per heavy atom. The van der Waals surface area contributed by atoms with Gasteiger partial charge in [0, 0.05) is 16.6 Å². The molecule has 3 nitrogen and oxygen atoms in total. The predicted octanol–water partition coefficient (Wildman–Crippen LogP) is 2.51. The van der Waals surface area contributed by atoms with Crippen molar-refractivity contribution < 1.29 is 4.74 Å². The van der Waals surface area contributed by atoms with Crippen molar-refractivity contribution in [3.05, 3.63) is 45.8 Å². The van der Waals surface area contributed by atoms with E-state index in [1.54, 1.807) is 24.6 Å². The molecule has 0 amide bonds. The predicted molar refractivity (Wildman–Crippen MR) is 65.9 cm³/mol. The van der Waals surface area contributed by atoms with Crippen molar-refractivity contribution in [1.29, 1.82) is 0 Å². The van der Waals surface area contributed by atoms with Crippen LogP contribution in [0.2, 0.25) is 0 Å². The number of nitrogens with zero attached hydrogens (tertiary/aromatic N) is 1. The summed E-state index contributed by atoms with van der Waals surface area (Å²) in [7, 11) is 1.61. The van der Waals surface area contributed by atoms with Gasteiger partial charge in [-0.2, -0.15) is 0 Å². The molecule has 0 saturated heterocycles. The maximum atomic E-state index is 6.23. The summed E-state index contributed by atoms with van der Waals surface area (Å²) in [6.45, 7) is 2.06. The number of rotatable bonds is 3. The first-order valence-electron chi connectivity index (χ1n) is 5.02. The van der Waals surface area contributed by atoms with Crippen molar-refractivity contribution in [1.82, 2.24) is 4.98 Å². The highest BCUT2D eigenvalue weighted by Gasteiger charge is 2.17. The zero-order chi connectivity index (χ0) is 11.5. The molecule has 1 atom stereocenters. The molecule has 0 aliphatic carbocycles. The van der Waals surface area contributed by atoms with Crippen LogP contribution in [0.25, 0.3) is 0 Å². The number of hydrogen-bond acceptors (Lipinski definition) is 4. The third-order valence-electron chi connectivity index (χ3n) is 2.51. The molecule has 0 saturated carbocycles. The average Bonchev–Trinajstić information content (AvgIpc) is 2.74. The van der Waals surface area contributed by atoms with Crippen LogP contribution in [0, 0.1) is 6.92 Å². The molecule has 2 N–H and O–H groups in total. The van der Waals surface area contributed by atoms with Crippen LogP contribution in [0.5, 0.6) is 5.88 Å². The largest absolute Gasteiger partial charge is 0.481 e. The van der Waals surface area contributed by atoms with Gasteiger partial charge in [-0.05, 0) is 30.0 Å². The van der Waals surface area contributed by atoms with E-state index in [2.05, 4.69) is 18.0 Å². The van der Waals surface area contributed by atoms with Crippen molar-refractivity contribution in [3.63, 3.8) is 0 Å². The molecule has 4 heteroatoms. The van der Waals surface area contributed by atoms with Gasteiger partial charge in [-0.25, -0.2) is 4.98 Å². The molecule has 2 aromatic heterocycles. The van der Waals surface area contributed by atoms with Crippen molar-refractivity contribution in [3.8, 4) is 5.88 Å². The molecule has 0 radical (unpaired) electrons. The van der Waals surface area contributed by atoms with Gasteiger partial charge in [0.2, 0.25) is 5.88 Å². The second kappa shape index (κ2) is 4.63. The fourth-order valence-electron chi connectivity index (χ4n) is 1.65. The first kappa shape index (κ1) is 11.1. The van der Waals surface area contributed by atoms with Crippen LogP contribution < -0.4 is 10.5 Å². The Bertz CT molecular complexity index is 481. The van der Waals surface area contributed by atoms with Crippen LogP contribution in [0.4, 0.5) is 0 Å². The highest BCUT2D eigenvalue weighted by molar-refractivity contribution is 7.10. The van der Waals surface area contributed by atoms with E-state index in [0.29, 0.717) is 5.88 Å². The van der Waals surface area contributed by atoms with Crippen LogP contribution in [-0.4, -0.2) is 12.1 Å². The molecule has 84 valence electrons. The number of ether oxygens (including phenoxy) is 1. The maximum absolute atomic E-state index is 6.23. The average molecular weight is 234 g/mol. The molecular weight excluding hydrogens is 220 g/mol. The molecule has 0 spiro atoms. The minimum Gasteiger partial charge on any atom is -0.481 e. The molecular formula is C12H14N2OS. The van der Waals surface area contributed by atoms with E-state index >= 15 is 0 Å². The molecule has 0 bridgehead atoms. The van der Waals surface area contributed by atoms with Gasteiger partial charge in [-0.3, -0.25) is 0 Å². The normalized spacial score (nSPS) is 12.4. The summed E-state index contributed by atoms with van der Waals surface area (Å²) in [5.74, 6) is 0.600. The molecule has 1 unspecified atom stereocenters. The quantitative estimate of drug-likeness (QED) is 0.887. The Morgan fingerprint density at radius 2 is 2.25 bits per heavy atom. The van der Waals surface area contributed by atoms with Crippen LogP contribution in [0.1, 0.15) is 22.0 Å². The molecule has 0 aromatic carbocycles. The van der Waals surface area contributed by atoms with Crippen LogP contribution in [-0.2, 0) is 0 Å². The SMILES string of the molecule is COc1ncccc1C(N)c1sccc1C. The molecule has 2 heterocycles. The van der Waals surface area contributed by atoms with Crippen molar-refractivity contribution >= 4 is 11.3 Å². The lowest BCUT2D eigenvalue weighted by atomic mass is 10.1. The van der Waals surface area contributed by atoms with Crippen LogP contribution in [0.15, 0.2) is 29.8 Å². The van der Waals surface area contributed by atoms with E-state index in [-0.39, 0.29) is 6.04 Å². The minimum absolute atomic E-state index is 0.163. The van der Waals surface area contributed by atoms with Crippen LogP contribution >= 0.6 is 11.3 Å². The number of pyridine rings is 1. The Balaban J connectivity index is 2.41. The van der Waals surface area contributed by atoms with E-state index in [9.17, 15) is 0 Å². The van der Waals surface area contributed by atoms with Crippen LogP contribution in [0.3, 0.4) is 0 Å². The third kappa shape index (κ3) is 1.94. The van der Waals surface area contributed by atoms with E-state index in [1.807, 2.05) is 17.5 Å². The van der Waals surface area contributed by atoms with Gasteiger partial charge in [0.1, 0.15) is 0 Å². The Kier molecular flexibility index (Phi) is 3.22. The second-order valence-electron chi connectivity index (χ2n) is 3.55. The maximum Gasteiger partial charge on any atom is 0.218 e. The summed E-state index contributed by atoms with van der Waals surface area (Å²) in [5.41, 5.74) is 8.37. The van der Waals surface area contributed by atoms with Crippen molar-refractivity contribution in [2.45, 2.75) is 13.0 Å². The Labute approximate surface area is 98.9 Å². The summed E-state index contributed by atoms with van der Waals surface area (Å²) in [6.07, 6.45) is 1.70. The van der Waals surface area contributed by atoms with Crippen molar-refractivity contribution in [2.75, 3.05) is 7.11 Å². The number of hydrogen-bond donors (Lipinski definition) is 1. The highest BCUT2D eigenvalue weighted by Crippen LogP contribution is 2.31. The van der Waals surface area contributed by atoms with E-state index < -0.39 is 0 Å². The van der Waals surface area contributed by atoms with Gasteiger partial charge in [-0.15, -0.1) is 11.3 Å². The first-order chi connectivity index (χ1) is 7.74. The summed E-state index contributed by atoms with van der Waals surface area (Å²) < 4.78 is 5.22. The molecule has 0 aliphatic heterocycles. The lowest BCUT2D eigenvalue weighted by Crippen LogP contribution is -2.13. The van der Waals surface area contributed by atoms with Gasteiger partial charge in [0.15, 0.2) is 0 Å². The molecule has 2 rings (SSSR count). The lowest BCUT2D eigenvalue weighted by molar-refractivity contribution is 0.391. The third-order valence-corrected chi connectivity index (χ3v) is 3.62. The fourth-order valence-corrected chi connectivity index (χ4v) is 2.60. The van der Waals surface area contributed by atoms with Gasteiger partial charge in [0.05, 0.1) is 13.2 Å². The summed E-state index contributed by atoms with van der Waals surface area (Å²) in [5, 5.41) is 2.05. The molecule has 0 fully saturated rings. The Hall–Kier alpha value is -1.39. The summed E-state index contributed by atoms with van der Waals surface area (Å²) >= 11 is 1.66. The standard InChI is InChI=1S/C12H14N2OS/c1-8-5-7-16-11(8)10(13)9-4-3-6-14-12(9)15-2/h3-7,10H,13H2,1-2H3. The number of methoxy groups -OCH3 is 1. The number of thiophene rings is 1. The zero-order valence-corrected chi connectivity index (χ0v) is 10.1. The molecule has 0 aliphatic rings. The summed E-state index contributed by atoms with van der Waals surface area (Å²) in [4.78, 5) is 5.32. The zero-order valence-electron chi connectivity index (χ0n) is 9.31. The fraction of sp³-hybridized carbons (Fsp3) is 0.250. The van der Waals surface area contributed by atoms with Crippen molar-refractivity contribution in [2.24, 2.45) is 5.73 Å². The van der Waals surface area contributed by atoms with Gasteiger partial charge < -0.3 is 10.5 Å². The van der Waals surface area contributed by atoms with E-state index in [0.717, 1.165) is 10.4 Å². The monoisotopic (exact) mass is 234 g/mol.